The van der Waals surface area contributed by atoms with Gasteiger partial charge in [0.15, 0.2) is 0 Å². The van der Waals surface area contributed by atoms with Crippen molar-refractivity contribution in [2.24, 2.45) is 13.0 Å². The summed E-state index contributed by atoms with van der Waals surface area (Å²) in [5.41, 5.74) is 2.73. The molecule has 4 rings (SSSR count). The minimum atomic E-state index is -0.0937. The van der Waals surface area contributed by atoms with E-state index in [1.807, 2.05) is 19.2 Å². The molecule has 1 aromatic carbocycles. The molecular weight excluding hydrogens is 359 g/mol. The number of hydrogen-bond donors (Lipinski definition) is 2. The van der Waals surface area contributed by atoms with Crippen LogP contribution >= 0.6 is 24.8 Å². The van der Waals surface area contributed by atoms with Gasteiger partial charge in [-0.05, 0) is 49.4 Å². The van der Waals surface area contributed by atoms with Gasteiger partial charge in [-0.2, -0.15) is 5.10 Å². The Balaban J connectivity index is 0.00000113. The van der Waals surface area contributed by atoms with Crippen LogP contribution < -0.4 is 10.6 Å². The molecule has 0 bridgehead atoms. The normalized spacial score (nSPS) is 21.0. The molecule has 2 unspecified atom stereocenters. The van der Waals surface area contributed by atoms with Gasteiger partial charge in [-0.1, -0.05) is 12.1 Å². The number of anilines is 1. The van der Waals surface area contributed by atoms with Gasteiger partial charge in [0, 0.05) is 30.8 Å². The molecule has 1 amide bonds. The van der Waals surface area contributed by atoms with E-state index in [1.54, 1.807) is 17.1 Å². The summed E-state index contributed by atoms with van der Waals surface area (Å²) in [5.74, 6) is 1.45. The topological polar surface area (TPSA) is 59.0 Å². The molecule has 2 aliphatic carbocycles. The first kappa shape index (κ1) is 19.8. The summed E-state index contributed by atoms with van der Waals surface area (Å²) in [7, 11) is 1.83. The summed E-state index contributed by atoms with van der Waals surface area (Å²) >= 11 is 0. The molecule has 5 nitrogen and oxygen atoms in total. The maximum atomic E-state index is 12.2. The predicted molar refractivity (Wildman–Crippen MR) is 104 cm³/mol. The van der Waals surface area contributed by atoms with Crippen LogP contribution in [-0.2, 0) is 7.05 Å². The van der Waals surface area contributed by atoms with Crippen molar-refractivity contribution in [2.45, 2.75) is 31.2 Å². The second-order valence-electron chi connectivity index (χ2n) is 6.78. The van der Waals surface area contributed by atoms with Crippen LogP contribution in [0.5, 0.6) is 0 Å². The Kier molecular flexibility index (Phi) is 6.49. The first-order chi connectivity index (χ1) is 11.2. The van der Waals surface area contributed by atoms with E-state index in [2.05, 4.69) is 27.9 Å². The van der Waals surface area contributed by atoms with E-state index < -0.39 is 0 Å². The maximum absolute atomic E-state index is 12.2. The van der Waals surface area contributed by atoms with Crippen LogP contribution in [0.25, 0.3) is 0 Å². The molecule has 0 radical (unpaired) electrons. The van der Waals surface area contributed by atoms with Gasteiger partial charge in [-0.25, -0.2) is 0 Å². The molecule has 0 spiro atoms. The second-order valence-corrected chi connectivity index (χ2v) is 6.78. The minimum Gasteiger partial charge on any atom is -0.319 e. The van der Waals surface area contributed by atoms with Crippen LogP contribution in [0.15, 0.2) is 36.7 Å². The minimum absolute atomic E-state index is 0. The van der Waals surface area contributed by atoms with Crippen molar-refractivity contribution in [3.63, 3.8) is 0 Å². The number of carbonyl (C=O) groups is 1. The van der Waals surface area contributed by atoms with E-state index in [0.717, 1.165) is 5.92 Å². The van der Waals surface area contributed by atoms with Gasteiger partial charge in [0.2, 0.25) is 0 Å². The average Bonchev–Trinajstić information content (AvgIpc) is 3.46. The molecule has 1 heterocycles. The van der Waals surface area contributed by atoms with E-state index in [1.165, 1.54) is 31.4 Å². The molecule has 7 heteroatoms. The fraction of sp³-hybridized carbons (Fsp3) is 0.444. The Labute approximate surface area is 160 Å². The van der Waals surface area contributed by atoms with Crippen LogP contribution in [0.4, 0.5) is 5.69 Å². The number of nitrogens with one attached hydrogen (secondary N) is 2. The van der Waals surface area contributed by atoms with Crippen LogP contribution in [0, 0.1) is 5.92 Å². The van der Waals surface area contributed by atoms with Gasteiger partial charge in [-0.15, -0.1) is 24.8 Å². The summed E-state index contributed by atoms with van der Waals surface area (Å²) in [6, 6.07) is 8.63. The second kappa shape index (κ2) is 8.21. The number of aryl methyl sites for hydroxylation is 1. The van der Waals surface area contributed by atoms with E-state index in [9.17, 15) is 4.79 Å². The lowest BCUT2D eigenvalue weighted by Crippen LogP contribution is -2.20. The van der Waals surface area contributed by atoms with Gasteiger partial charge >= 0.3 is 0 Å². The SMILES string of the molecule is Cl.Cl.Cn1cc(NC(=O)c2ccc(C3CC3NCC3CC3)cc2)cn1. The van der Waals surface area contributed by atoms with Crippen molar-refractivity contribution >= 4 is 36.4 Å². The zero-order valence-electron chi connectivity index (χ0n) is 14.1. The molecule has 2 saturated carbocycles. The number of hydrogen-bond acceptors (Lipinski definition) is 3. The average molecular weight is 383 g/mol. The van der Waals surface area contributed by atoms with Gasteiger partial charge in [0.05, 0.1) is 11.9 Å². The van der Waals surface area contributed by atoms with Crippen molar-refractivity contribution in [2.75, 3.05) is 11.9 Å². The molecule has 2 atom stereocenters. The standard InChI is InChI=1S/C18H22N4O.2ClH/c1-22-11-15(10-20-22)21-18(23)14-6-4-13(5-7-14)16-8-17(16)19-9-12-2-3-12;;/h4-7,10-12,16-17,19H,2-3,8-9H2,1H3,(H,21,23);2*1H. The number of amides is 1. The summed E-state index contributed by atoms with van der Waals surface area (Å²) < 4.78 is 1.67. The van der Waals surface area contributed by atoms with Gasteiger partial charge in [0.25, 0.3) is 5.91 Å². The number of halogens is 2. The number of carbonyl (C=O) groups excluding carboxylic acids is 1. The molecule has 2 aliphatic rings. The molecule has 136 valence electrons. The number of aromatic nitrogens is 2. The summed E-state index contributed by atoms with van der Waals surface area (Å²) in [6.45, 7) is 1.17. The summed E-state index contributed by atoms with van der Waals surface area (Å²) in [4.78, 5) is 12.2. The lowest BCUT2D eigenvalue weighted by molar-refractivity contribution is 0.102. The first-order valence-electron chi connectivity index (χ1n) is 8.32. The number of benzene rings is 1. The number of nitrogens with zero attached hydrogens (tertiary/aromatic N) is 2. The van der Waals surface area contributed by atoms with Gasteiger partial charge in [-0.3, -0.25) is 9.48 Å². The zero-order valence-corrected chi connectivity index (χ0v) is 15.8. The smallest absolute Gasteiger partial charge is 0.255 e. The number of rotatable bonds is 6. The Hall–Kier alpha value is -1.56. The predicted octanol–water partition coefficient (Wildman–Crippen LogP) is 3.37. The van der Waals surface area contributed by atoms with E-state index in [-0.39, 0.29) is 30.7 Å². The zero-order chi connectivity index (χ0) is 15.8. The lowest BCUT2D eigenvalue weighted by Gasteiger charge is -2.05. The Morgan fingerprint density at radius 1 is 1.24 bits per heavy atom. The van der Waals surface area contributed by atoms with Crippen LogP contribution in [-0.4, -0.2) is 28.3 Å². The highest BCUT2D eigenvalue weighted by atomic mass is 35.5. The van der Waals surface area contributed by atoms with E-state index in [0.29, 0.717) is 23.2 Å². The molecule has 2 aromatic rings. The highest BCUT2D eigenvalue weighted by molar-refractivity contribution is 6.04. The molecule has 2 N–H and O–H groups in total. The van der Waals surface area contributed by atoms with Gasteiger partial charge < -0.3 is 10.6 Å². The van der Waals surface area contributed by atoms with Crippen molar-refractivity contribution < 1.29 is 4.79 Å². The van der Waals surface area contributed by atoms with Crippen molar-refractivity contribution in [1.82, 2.24) is 15.1 Å². The molecule has 1 aromatic heterocycles. The van der Waals surface area contributed by atoms with E-state index in [4.69, 9.17) is 0 Å². The quantitative estimate of drug-likeness (QED) is 0.804. The first-order valence-corrected chi connectivity index (χ1v) is 8.32. The molecule has 0 aliphatic heterocycles. The van der Waals surface area contributed by atoms with Crippen LogP contribution in [0.2, 0.25) is 0 Å². The Bertz CT molecular complexity index is 712. The maximum Gasteiger partial charge on any atom is 0.255 e. The van der Waals surface area contributed by atoms with Crippen LogP contribution in [0.1, 0.15) is 41.1 Å². The fourth-order valence-corrected chi connectivity index (χ4v) is 3.00. The molecule has 2 fully saturated rings. The third-order valence-electron chi connectivity index (χ3n) is 4.72. The fourth-order valence-electron chi connectivity index (χ4n) is 3.00. The highest BCUT2D eigenvalue weighted by Gasteiger charge is 2.38. The summed E-state index contributed by atoms with van der Waals surface area (Å²) in [5, 5.41) is 10.6. The van der Waals surface area contributed by atoms with Crippen molar-refractivity contribution in [1.29, 1.82) is 0 Å². The largest absolute Gasteiger partial charge is 0.319 e. The van der Waals surface area contributed by atoms with Crippen molar-refractivity contribution in [3.05, 3.63) is 47.8 Å². The monoisotopic (exact) mass is 382 g/mol. The summed E-state index contributed by atoms with van der Waals surface area (Å²) in [6.07, 6.45) is 7.43. The Morgan fingerprint density at radius 2 is 1.96 bits per heavy atom. The van der Waals surface area contributed by atoms with Crippen molar-refractivity contribution in [3.8, 4) is 0 Å². The third kappa shape index (κ3) is 4.97. The van der Waals surface area contributed by atoms with Gasteiger partial charge in [0.1, 0.15) is 0 Å². The molecular formula is C18H24Cl2N4O. The third-order valence-corrected chi connectivity index (χ3v) is 4.72. The molecule has 0 saturated heterocycles. The lowest BCUT2D eigenvalue weighted by atomic mass is 10.1. The molecule has 25 heavy (non-hydrogen) atoms. The Morgan fingerprint density at radius 3 is 2.56 bits per heavy atom. The highest BCUT2D eigenvalue weighted by Crippen LogP contribution is 2.41. The van der Waals surface area contributed by atoms with Crippen LogP contribution in [0.3, 0.4) is 0 Å². The van der Waals surface area contributed by atoms with E-state index >= 15 is 0 Å².